The first-order chi connectivity index (χ1) is 13.0. The summed E-state index contributed by atoms with van der Waals surface area (Å²) in [4.78, 5) is 10.9. The largest absolute Gasteiger partial charge is 1.00 e. The van der Waals surface area contributed by atoms with Gasteiger partial charge in [0.25, 0.3) is 0 Å². The van der Waals surface area contributed by atoms with Gasteiger partial charge >= 0.3 is 29.6 Å². The number of carboxylic acids is 1. The van der Waals surface area contributed by atoms with E-state index in [1.54, 1.807) is 6.92 Å². The van der Waals surface area contributed by atoms with Gasteiger partial charge in [0.05, 0.1) is 12.0 Å². The Labute approximate surface area is 190 Å². The number of aliphatic hydroxyl groups is 1. The zero-order valence-corrected chi connectivity index (χ0v) is 19.2. The van der Waals surface area contributed by atoms with Crippen molar-refractivity contribution in [3.63, 3.8) is 0 Å². The molecular formula is C23H29NaO4. The Hall–Kier alpha value is -1.25. The molecule has 1 N–H and O–H groups in total. The second-order valence-electron chi connectivity index (χ2n) is 7.28. The molecule has 1 aliphatic carbocycles. The van der Waals surface area contributed by atoms with Crippen LogP contribution >= 0.6 is 0 Å². The molecule has 1 aliphatic rings. The maximum Gasteiger partial charge on any atom is 1.00 e. The normalized spacial score (nSPS) is 18.0. The second-order valence-corrected chi connectivity index (χ2v) is 7.28. The molecule has 28 heavy (non-hydrogen) atoms. The van der Waals surface area contributed by atoms with Gasteiger partial charge in [0.15, 0.2) is 0 Å². The molecule has 5 heteroatoms. The molecule has 0 unspecified atom stereocenters. The molecule has 146 valence electrons. The molecule has 4 nitrogen and oxygen atoms in total. The summed E-state index contributed by atoms with van der Waals surface area (Å²) in [5.41, 5.74) is 2.17. The van der Waals surface area contributed by atoms with Crippen molar-refractivity contribution in [1.82, 2.24) is 0 Å². The van der Waals surface area contributed by atoms with Gasteiger partial charge in [0.2, 0.25) is 0 Å². The van der Waals surface area contributed by atoms with Gasteiger partial charge in [-0.2, -0.15) is 0 Å². The number of hydrogen-bond donors (Lipinski definition) is 1. The number of aliphatic hydroxyl groups excluding tert-OH is 1. The molecule has 2 rings (SSSR count). The minimum absolute atomic E-state index is 0. The van der Waals surface area contributed by atoms with Crippen LogP contribution in [0, 0.1) is 17.8 Å². The van der Waals surface area contributed by atoms with Crippen molar-refractivity contribution in [3.8, 4) is 17.6 Å². The van der Waals surface area contributed by atoms with E-state index in [1.165, 1.54) is 18.4 Å². The Morgan fingerprint density at radius 3 is 2.68 bits per heavy atom. The third-order valence-electron chi connectivity index (χ3n) is 4.90. The Kier molecular flexibility index (Phi) is 11.6. The smallest absolute Gasteiger partial charge is 0.550 e. The Balaban J connectivity index is 0.00000392. The first-order valence-electron chi connectivity index (χ1n) is 9.70. The summed E-state index contributed by atoms with van der Waals surface area (Å²) in [5, 5.41) is 20.3. The minimum atomic E-state index is -1.10. The number of allylic oxidation sites excluding steroid dienone is 1. The molecule has 0 saturated carbocycles. The molecule has 0 spiro atoms. The predicted molar refractivity (Wildman–Crippen MR) is 104 cm³/mol. The third kappa shape index (κ3) is 8.84. The van der Waals surface area contributed by atoms with Gasteiger partial charge in [-0.25, -0.2) is 0 Å². The van der Waals surface area contributed by atoms with Crippen molar-refractivity contribution in [2.45, 2.75) is 64.4 Å². The summed E-state index contributed by atoms with van der Waals surface area (Å²) in [6, 6.07) is 7.47. The summed E-state index contributed by atoms with van der Waals surface area (Å²) in [6.07, 6.45) is 7.23. The average Bonchev–Trinajstić information content (AvgIpc) is 2.65. The van der Waals surface area contributed by atoms with Gasteiger partial charge in [-0.15, -0.1) is 5.92 Å². The molecule has 0 amide bonds. The van der Waals surface area contributed by atoms with Crippen molar-refractivity contribution in [2.24, 2.45) is 5.92 Å². The Morgan fingerprint density at radius 2 is 2.07 bits per heavy atom. The Morgan fingerprint density at radius 1 is 1.36 bits per heavy atom. The van der Waals surface area contributed by atoms with Gasteiger partial charge in [0.1, 0.15) is 12.4 Å². The molecule has 0 aromatic heterocycles. The molecule has 0 heterocycles. The van der Waals surface area contributed by atoms with Crippen LogP contribution in [0.5, 0.6) is 5.75 Å². The summed E-state index contributed by atoms with van der Waals surface area (Å²) in [6.45, 7) is 4.11. The van der Waals surface area contributed by atoms with E-state index in [4.69, 9.17) is 4.74 Å². The van der Waals surface area contributed by atoms with Crippen molar-refractivity contribution >= 4 is 5.97 Å². The average molecular weight is 392 g/mol. The maximum atomic E-state index is 10.9. The van der Waals surface area contributed by atoms with Crippen molar-refractivity contribution < 1.29 is 49.3 Å². The predicted octanol–water partition coefficient (Wildman–Crippen LogP) is 0.204. The van der Waals surface area contributed by atoms with Crippen LogP contribution in [0.2, 0.25) is 0 Å². The number of hydrogen-bond acceptors (Lipinski definition) is 4. The zero-order chi connectivity index (χ0) is 19.6. The molecule has 0 saturated heterocycles. The van der Waals surface area contributed by atoms with E-state index in [-0.39, 0.29) is 48.0 Å². The van der Waals surface area contributed by atoms with Gasteiger partial charge in [-0.1, -0.05) is 24.1 Å². The standard InChI is InChI=1S/C23H30O4.Na/c1-3-5-21(15-23(25)26)20-10-12-22(13-11-20)27-16-19-7-4-6-18(14-19)9-8-17(2)24;/h10-14,17-18,21,24H,4,6-9,15-16H2,1-2H3,(H,25,26);/q;+1/p-1/t17-,18-,21-;/m0./s1. The van der Waals surface area contributed by atoms with Crippen LogP contribution in [0.3, 0.4) is 0 Å². The molecule has 1 aromatic carbocycles. The third-order valence-corrected chi connectivity index (χ3v) is 4.90. The fourth-order valence-electron chi connectivity index (χ4n) is 3.46. The molecular weight excluding hydrogens is 363 g/mol. The van der Waals surface area contributed by atoms with Crippen LogP contribution < -0.4 is 39.4 Å². The van der Waals surface area contributed by atoms with Gasteiger partial charge in [-0.3, -0.25) is 0 Å². The van der Waals surface area contributed by atoms with Crippen LogP contribution in [0.25, 0.3) is 0 Å². The van der Waals surface area contributed by atoms with E-state index in [1.807, 2.05) is 31.2 Å². The topological polar surface area (TPSA) is 69.6 Å². The number of ether oxygens (including phenoxy) is 1. The SMILES string of the molecule is CC#C[C@@H](CC(=O)[O-])c1ccc(OCC2=C[C@H](CC[C@H](C)O)CCC2)cc1.[Na+]. The molecule has 0 radical (unpaired) electrons. The summed E-state index contributed by atoms with van der Waals surface area (Å²) < 4.78 is 5.91. The van der Waals surface area contributed by atoms with E-state index in [9.17, 15) is 15.0 Å². The van der Waals surface area contributed by atoms with Gasteiger partial charge < -0.3 is 19.7 Å². The van der Waals surface area contributed by atoms with Crippen molar-refractivity contribution in [3.05, 3.63) is 41.5 Å². The monoisotopic (exact) mass is 392 g/mol. The van der Waals surface area contributed by atoms with Crippen molar-refractivity contribution in [1.29, 1.82) is 0 Å². The maximum absolute atomic E-state index is 10.9. The summed E-state index contributed by atoms with van der Waals surface area (Å²) in [5.74, 6) is 5.54. The summed E-state index contributed by atoms with van der Waals surface area (Å²) in [7, 11) is 0. The van der Waals surface area contributed by atoms with Crippen molar-refractivity contribution in [2.75, 3.05) is 6.61 Å². The van der Waals surface area contributed by atoms with E-state index >= 15 is 0 Å². The number of aliphatic carboxylic acids is 1. The molecule has 1 aromatic rings. The van der Waals surface area contributed by atoms with Gasteiger partial charge in [-0.05, 0) is 75.1 Å². The van der Waals surface area contributed by atoms with Gasteiger partial charge in [0, 0.05) is 12.4 Å². The second kappa shape index (κ2) is 13.1. The first-order valence-corrected chi connectivity index (χ1v) is 9.70. The minimum Gasteiger partial charge on any atom is -0.550 e. The zero-order valence-electron chi connectivity index (χ0n) is 17.2. The Bertz CT molecular complexity index is 698. The quantitative estimate of drug-likeness (QED) is 0.370. The summed E-state index contributed by atoms with van der Waals surface area (Å²) >= 11 is 0. The molecule has 0 bridgehead atoms. The number of carbonyl (C=O) groups excluding carboxylic acids is 1. The molecule has 0 aliphatic heterocycles. The van der Waals surface area contributed by atoms with Crippen LogP contribution in [-0.4, -0.2) is 23.8 Å². The van der Waals surface area contributed by atoms with Crippen LogP contribution in [0.4, 0.5) is 0 Å². The molecule has 3 atom stereocenters. The fourth-order valence-corrected chi connectivity index (χ4v) is 3.46. The van der Waals surface area contributed by atoms with E-state index in [0.717, 1.165) is 30.6 Å². The van der Waals surface area contributed by atoms with Crippen LogP contribution in [0.15, 0.2) is 35.9 Å². The fraction of sp³-hybridized carbons (Fsp3) is 0.522. The van der Waals surface area contributed by atoms with Crippen LogP contribution in [0.1, 0.15) is 63.9 Å². The van der Waals surface area contributed by atoms with Crippen LogP contribution in [-0.2, 0) is 4.79 Å². The number of rotatable bonds is 9. The number of benzene rings is 1. The van der Waals surface area contributed by atoms with E-state index in [0.29, 0.717) is 12.5 Å². The molecule has 0 fully saturated rings. The van der Waals surface area contributed by atoms with E-state index < -0.39 is 5.97 Å². The number of carbonyl (C=O) groups is 1. The van der Waals surface area contributed by atoms with E-state index in [2.05, 4.69) is 17.9 Å². The number of carboxylic acid groups (broad SMARTS) is 1. The first kappa shape index (κ1) is 24.8.